The number of nitrogens with one attached hydrogen (secondary N) is 2. The molecular weight excluding hydrogens is 332 g/mol. The number of aryl methyl sites for hydroxylation is 1. The van der Waals surface area contributed by atoms with Crippen LogP contribution in [0.2, 0.25) is 0 Å². The highest BCUT2D eigenvalue weighted by Crippen LogP contribution is 2.28. The van der Waals surface area contributed by atoms with Gasteiger partial charge in [-0.15, -0.1) is 22.7 Å². The number of H-pyrrole nitrogens is 1. The van der Waals surface area contributed by atoms with Crippen LogP contribution in [0, 0.1) is 6.92 Å². The van der Waals surface area contributed by atoms with Gasteiger partial charge in [0.15, 0.2) is 16.0 Å². The highest BCUT2D eigenvalue weighted by molar-refractivity contribution is 7.17. The van der Waals surface area contributed by atoms with Gasteiger partial charge >= 0.3 is 0 Å². The zero-order valence-corrected chi connectivity index (χ0v) is 14.6. The van der Waals surface area contributed by atoms with E-state index in [0.29, 0.717) is 32.5 Å². The Morgan fingerprint density at radius 3 is 2.96 bits per heavy atom. The van der Waals surface area contributed by atoms with Crippen LogP contribution in [0.3, 0.4) is 0 Å². The molecule has 120 valence electrons. The van der Waals surface area contributed by atoms with Crippen LogP contribution in [0.1, 0.15) is 47.2 Å². The van der Waals surface area contributed by atoms with Gasteiger partial charge in [0.05, 0.1) is 11.4 Å². The lowest BCUT2D eigenvalue weighted by molar-refractivity contribution is 0.103. The van der Waals surface area contributed by atoms with Crippen LogP contribution in [0.15, 0.2) is 11.7 Å². The number of carbonyl (C=O) groups excluding carboxylic acids is 1. The van der Waals surface area contributed by atoms with Crippen molar-refractivity contribution in [3.8, 4) is 10.8 Å². The van der Waals surface area contributed by atoms with Gasteiger partial charge in [-0.2, -0.15) is 5.10 Å². The van der Waals surface area contributed by atoms with E-state index in [-0.39, 0.29) is 5.91 Å². The van der Waals surface area contributed by atoms with Crippen molar-refractivity contribution in [3.05, 3.63) is 28.0 Å². The van der Waals surface area contributed by atoms with E-state index in [2.05, 4.69) is 44.3 Å². The van der Waals surface area contributed by atoms with Crippen LogP contribution in [-0.2, 0) is 0 Å². The number of aromatic nitrogens is 5. The first-order valence-corrected chi connectivity index (χ1v) is 8.88. The fraction of sp³-hybridized carbons (Fsp3) is 0.357. The van der Waals surface area contributed by atoms with Gasteiger partial charge in [0.25, 0.3) is 5.91 Å². The fourth-order valence-electron chi connectivity index (χ4n) is 1.95. The number of hydrogen-bond donors (Lipinski definition) is 2. The van der Waals surface area contributed by atoms with E-state index in [0.717, 1.165) is 12.1 Å². The van der Waals surface area contributed by atoms with Gasteiger partial charge in [-0.3, -0.25) is 15.2 Å². The summed E-state index contributed by atoms with van der Waals surface area (Å²) in [6, 6.07) is 0. The average molecular weight is 348 g/mol. The Labute approximate surface area is 141 Å². The summed E-state index contributed by atoms with van der Waals surface area (Å²) in [5, 5.41) is 12.6. The van der Waals surface area contributed by atoms with E-state index in [9.17, 15) is 4.79 Å². The maximum atomic E-state index is 12.4. The molecule has 9 heteroatoms. The van der Waals surface area contributed by atoms with Crippen LogP contribution in [0.25, 0.3) is 10.8 Å². The van der Waals surface area contributed by atoms with Crippen molar-refractivity contribution in [1.29, 1.82) is 0 Å². The van der Waals surface area contributed by atoms with Crippen LogP contribution >= 0.6 is 22.7 Å². The van der Waals surface area contributed by atoms with E-state index < -0.39 is 0 Å². The molecule has 0 aliphatic rings. The lowest BCUT2D eigenvalue weighted by Crippen LogP contribution is -2.11. The second kappa shape index (κ2) is 6.55. The van der Waals surface area contributed by atoms with Crippen molar-refractivity contribution in [3.63, 3.8) is 0 Å². The Balaban J connectivity index is 1.77. The van der Waals surface area contributed by atoms with Gasteiger partial charge in [-0.1, -0.05) is 13.8 Å². The lowest BCUT2D eigenvalue weighted by atomic mass is 10.1. The monoisotopic (exact) mass is 348 g/mol. The molecule has 23 heavy (non-hydrogen) atoms. The molecule has 3 aromatic heterocycles. The first kappa shape index (κ1) is 15.8. The standard InChI is InChI=1S/C14H16N6OS2/c1-4-7(2)9-5-22-14(18-9)19-12(21)10-8(3)17-13(23-10)11-15-6-16-20-11/h5-7H,4H2,1-3H3,(H,15,16,20)(H,18,19,21)/t7-/m0/s1. The van der Waals surface area contributed by atoms with Crippen LogP contribution in [-0.4, -0.2) is 31.1 Å². The topological polar surface area (TPSA) is 96.5 Å². The molecule has 0 saturated heterocycles. The van der Waals surface area contributed by atoms with Crippen LogP contribution in [0.5, 0.6) is 0 Å². The zero-order valence-electron chi connectivity index (χ0n) is 13.0. The summed E-state index contributed by atoms with van der Waals surface area (Å²) in [5.74, 6) is 0.751. The van der Waals surface area contributed by atoms with Crippen molar-refractivity contribution in [2.45, 2.75) is 33.1 Å². The highest BCUT2D eigenvalue weighted by Gasteiger charge is 2.19. The molecule has 1 amide bonds. The minimum atomic E-state index is -0.198. The Bertz CT molecular complexity index is 807. The molecular formula is C14H16N6OS2. The predicted molar refractivity (Wildman–Crippen MR) is 91.0 cm³/mol. The van der Waals surface area contributed by atoms with E-state index >= 15 is 0 Å². The molecule has 0 aliphatic carbocycles. The molecule has 3 aromatic rings. The third-order valence-electron chi connectivity index (χ3n) is 3.48. The second-order valence-electron chi connectivity index (χ2n) is 5.11. The summed E-state index contributed by atoms with van der Waals surface area (Å²) in [5.41, 5.74) is 1.67. The number of nitrogens with zero attached hydrogens (tertiary/aromatic N) is 4. The van der Waals surface area contributed by atoms with E-state index in [1.807, 2.05) is 5.38 Å². The third kappa shape index (κ3) is 3.30. The molecule has 0 bridgehead atoms. The summed E-state index contributed by atoms with van der Waals surface area (Å²) in [4.78, 5) is 25.9. The van der Waals surface area contributed by atoms with Crippen molar-refractivity contribution in [2.75, 3.05) is 5.32 Å². The average Bonchev–Trinajstić information content (AvgIpc) is 3.25. The van der Waals surface area contributed by atoms with E-state index in [1.165, 1.54) is 29.0 Å². The van der Waals surface area contributed by atoms with Gasteiger partial charge in [0.1, 0.15) is 11.2 Å². The van der Waals surface area contributed by atoms with Gasteiger partial charge in [0.2, 0.25) is 0 Å². The summed E-state index contributed by atoms with van der Waals surface area (Å²) in [7, 11) is 0. The molecule has 3 rings (SSSR count). The Kier molecular flexibility index (Phi) is 4.49. The summed E-state index contributed by atoms with van der Waals surface area (Å²) in [6.45, 7) is 6.04. The van der Waals surface area contributed by atoms with Crippen molar-refractivity contribution in [2.24, 2.45) is 0 Å². The molecule has 0 fully saturated rings. The molecule has 1 atom stereocenters. The van der Waals surface area contributed by atoms with Gasteiger partial charge in [0, 0.05) is 5.38 Å². The minimum Gasteiger partial charge on any atom is -0.297 e. The minimum absolute atomic E-state index is 0.198. The summed E-state index contributed by atoms with van der Waals surface area (Å²) in [6.07, 6.45) is 2.43. The maximum absolute atomic E-state index is 12.4. The number of hydrogen-bond acceptors (Lipinski definition) is 7. The number of amides is 1. The summed E-state index contributed by atoms with van der Waals surface area (Å²) >= 11 is 2.72. The fourth-order valence-corrected chi connectivity index (χ4v) is 3.68. The molecule has 3 heterocycles. The van der Waals surface area contributed by atoms with Crippen molar-refractivity contribution < 1.29 is 4.79 Å². The van der Waals surface area contributed by atoms with Gasteiger partial charge in [-0.05, 0) is 19.3 Å². The number of thiazole rings is 2. The van der Waals surface area contributed by atoms with Crippen molar-refractivity contribution in [1.82, 2.24) is 25.1 Å². The molecule has 0 aromatic carbocycles. The first-order valence-electron chi connectivity index (χ1n) is 7.18. The SMILES string of the molecule is CC[C@H](C)c1csc(NC(=O)c2sc(-c3ncn[nH]3)nc2C)n1. The number of anilines is 1. The summed E-state index contributed by atoms with van der Waals surface area (Å²) < 4.78 is 0. The lowest BCUT2D eigenvalue weighted by Gasteiger charge is -2.03. The molecule has 0 unspecified atom stereocenters. The number of carbonyl (C=O) groups is 1. The second-order valence-corrected chi connectivity index (χ2v) is 6.97. The molecule has 7 nitrogen and oxygen atoms in total. The van der Waals surface area contributed by atoms with E-state index in [1.54, 1.807) is 6.92 Å². The Morgan fingerprint density at radius 1 is 1.43 bits per heavy atom. The molecule has 0 aliphatic heterocycles. The number of rotatable bonds is 5. The normalized spacial score (nSPS) is 12.3. The Morgan fingerprint density at radius 2 is 2.26 bits per heavy atom. The van der Waals surface area contributed by atoms with Gasteiger partial charge < -0.3 is 0 Å². The third-order valence-corrected chi connectivity index (χ3v) is 5.42. The van der Waals surface area contributed by atoms with Crippen LogP contribution in [0.4, 0.5) is 5.13 Å². The van der Waals surface area contributed by atoms with E-state index in [4.69, 9.17) is 0 Å². The molecule has 0 saturated carbocycles. The molecule has 2 N–H and O–H groups in total. The van der Waals surface area contributed by atoms with Gasteiger partial charge in [-0.25, -0.2) is 15.0 Å². The van der Waals surface area contributed by atoms with Crippen LogP contribution < -0.4 is 5.32 Å². The highest BCUT2D eigenvalue weighted by atomic mass is 32.1. The zero-order chi connectivity index (χ0) is 16.4. The number of aromatic amines is 1. The Hall–Kier alpha value is -2.13. The molecule has 0 radical (unpaired) electrons. The molecule has 0 spiro atoms. The first-order chi connectivity index (χ1) is 11.1. The largest absolute Gasteiger partial charge is 0.297 e. The quantitative estimate of drug-likeness (QED) is 0.736. The predicted octanol–water partition coefficient (Wildman–Crippen LogP) is 3.46. The van der Waals surface area contributed by atoms with Crippen molar-refractivity contribution >= 4 is 33.7 Å². The smallest absolute Gasteiger partial charge is 0.269 e. The maximum Gasteiger partial charge on any atom is 0.269 e.